The Morgan fingerprint density at radius 3 is 2.38 bits per heavy atom. The minimum atomic E-state index is -0.618. The van der Waals surface area contributed by atoms with E-state index in [0.29, 0.717) is 0 Å². The van der Waals surface area contributed by atoms with E-state index in [4.69, 9.17) is 11.6 Å². The Bertz CT molecular complexity index is 273. The fourth-order valence-corrected chi connectivity index (χ4v) is 1.66. The molecule has 0 atom stereocenters. The number of hydrogen-bond donors (Lipinski definition) is 1. The van der Waals surface area contributed by atoms with E-state index in [1.807, 2.05) is 0 Å². The van der Waals surface area contributed by atoms with Gasteiger partial charge in [-0.25, -0.2) is 0 Å². The van der Waals surface area contributed by atoms with Crippen molar-refractivity contribution < 1.29 is 9.59 Å². The number of rotatable bonds is 4. The minimum absolute atomic E-state index is 0.00350. The molecule has 92 valence electrons. The lowest BCUT2D eigenvalue weighted by Crippen LogP contribution is -2.44. The lowest BCUT2D eigenvalue weighted by atomic mass is 9.95. The molecule has 0 bridgehead atoms. The Hall–Kier alpha value is -0.770. The van der Waals surface area contributed by atoms with E-state index in [1.54, 1.807) is 18.7 Å². The molecule has 0 aromatic rings. The second-order valence-electron chi connectivity index (χ2n) is 4.79. The lowest BCUT2D eigenvalue weighted by molar-refractivity contribution is -0.134. The van der Waals surface area contributed by atoms with Crippen LogP contribution in [0.5, 0.6) is 0 Å². The number of carbonyl (C=O) groups excluding carboxylic acids is 2. The van der Waals surface area contributed by atoms with Crippen LogP contribution < -0.4 is 5.32 Å². The van der Waals surface area contributed by atoms with E-state index in [0.717, 1.165) is 25.9 Å². The Morgan fingerprint density at radius 2 is 1.88 bits per heavy atom. The molecule has 0 radical (unpaired) electrons. The Kier molecular flexibility index (Phi) is 4.59. The highest BCUT2D eigenvalue weighted by Gasteiger charge is 2.27. The van der Waals surface area contributed by atoms with Gasteiger partial charge in [-0.05, 0) is 26.7 Å². The molecule has 4 nitrogen and oxygen atoms in total. The van der Waals surface area contributed by atoms with Gasteiger partial charge in [0.15, 0.2) is 0 Å². The zero-order chi connectivity index (χ0) is 12.2. The summed E-state index contributed by atoms with van der Waals surface area (Å²) in [6.07, 6.45) is 2.12. The third-order valence-corrected chi connectivity index (χ3v) is 3.48. The van der Waals surface area contributed by atoms with Crippen molar-refractivity contribution in [2.24, 2.45) is 5.41 Å². The normalized spacial score (nSPS) is 16.3. The number of amides is 2. The third-order valence-electron chi connectivity index (χ3n) is 2.81. The average Bonchev–Trinajstić information content (AvgIpc) is 2.78. The number of hydrogen-bond acceptors (Lipinski definition) is 2. The maximum Gasteiger partial charge on any atom is 0.241 e. The van der Waals surface area contributed by atoms with Gasteiger partial charge in [-0.15, -0.1) is 11.6 Å². The minimum Gasteiger partial charge on any atom is -0.347 e. The van der Waals surface area contributed by atoms with Crippen LogP contribution in [0.15, 0.2) is 0 Å². The highest BCUT2D eigenvalue weighted by atomic mass is 35.5. The first-order chi connectivity index (χ1) is 7.47. The molecule has 5 heteroatoms. The van der Waals surface area contributed by atoms with E-state index in [1.165, 1.54) is 0 Å². The SMILES string of the molecule is CC(C)(CCl)C(=O)NCC(=O)N1CCCC1. The van der Waals surface area contributed by atoms with Crippen molar-refractivity contribution in [3.8, 4) is 0 Å². The van der Waals surface area contributed by atoms with E-state index in [-0.39, 0.29) is 24.2 Å². The topological polar surface area (TPSA) is 49.4 Å². The first kappa shape index (κ1) is 13.3. The molecule has 1 heterocycles. The summed E-state index contributed by atoms with van der Waals surface area (Å²) in [5.41, 5.74) is -0.618. The van der Waals surface area contributed by atoms with Crippen LogP contribution in [0, 0.1) is 5.41 Å². The first-order valence-corrected chi connectivity index (χ1v) is 6.13. The van der Waals surface area contributed by atoms with Gasteiger partial charge in [0.1, 0.15) is 0 Å². The van der Waals surface area contributed by atoms with Crippen molar-refractivity contribution in [1.29, 1.82) is 0 Å². The summed E-state index contributed by atoms with van der Waals surface area (Å²) < 4.78 is 0. The lowest BCUT2D eigenvalue weighted by Gasteiger charge is -2.21. The Labute approximate surface area is 101 Å². The molecule has 1 rings (SSSR count). The van der Waals surface area contributed by atoms with Crippen molar-refractivity contribution >= 4 is 23.4 Å². The molecule has 0 spiro atoms. The average molecular weight is 247 g/mol. The van der Waals surface area contributed by atoms with Crippen LogP contribution >= 0.6 is 11.6 Å². The van der Waals surface area contributed by atoms with Gasteiger partial charge in [0, 0.05) is 19.0 Å². The maximum absolute atomic E-state index is 11.6. The third kappa shape index (κ3) is 3.37. The van der Waals surface area contributed by atoms with E-state index in [2.05, 4.69) is 5.32 Å². The predicted octanol–water partition coefficient (Wildman–Crippen LogP) is 0.990. The van der Waals surface area contributed by atoms with Crippen LogP contribution in [-0.4, -0.2) is 42.2 Å². The van der Waals surface area contributed by atoms with Gasteiger partial charge < -0.3 is 10.2 Å². The monoisotopic (exact) mass is 246 g/mol. The molecule has 16 heavy (non-hydrogen) atoms. The molecule has 0 aromatic carbocycles. The zero-order valence-electron chi connectivity index (χ0n) is 9.88. The van der Waals surface area contributed by atoms with E-state index >= 15 is 0 Å². The first-order valence-electron chi connectivity index (χ1n) is 5.59. The molecule has 1 aliphatic heterocycles. The second-order valence-corrected chi connectivity index (χ2v) is 5.06. The fraction of sp³-hybridized carbons (Fsp3) is 0.818. The molecule has 0 aliphatic carbocycles. The van der Waals surface area contributed by atoms with Crippen molar-refractivity contribution in [3.05, 3.63) is 0 Å². The van der Waals surface area contributed by atoms with Gasteiger partial charge >= 0.3 is 0 Å². The van der Waals surface area contributed by atoms with E-state index in [9.17, 15) is 9.59 Å². The maximum atomic E-state index is 11.6. The molecular weight excluding hydrogens is 228 g/mol. The summed E-state index contributed by atoms with van der Waals surface area (Å²) in [4.78, 5) is 25.1. The summed E-state index contributed by atoms with van der Waals surface area (Å²) in [6, 6.07) is 0. The van der Waals surface area contributed by atoms with Crippen LogP contribution in [0.1, 0.15) is 26.7 Å². The van der Waals surface area contributed by atoms with Crippen molar-refractivity contribution in [3.63, 3.8) is 0 Å². The molecule has 1 aliphatic rings. The second kappa shape index (κ2) is 5.53. The van der Waals surface area contributed by atoms with Gasteiger partial charge in [-0.3, -0.25) is 9.59 Å². The largest absolute Gasteiger partial charge is 0.347 e. The highest BCUT2D eigenvalue weighted by Crippen LogP contribution is 2.16. The van der Waals surface area contributed by atoms with Crippen LogP contribution in [0.2, 0.25) is 0 Å². The van der Waals surface area contributed by atoms with Crippen LogP contribution in [0.3, 0.4) is 0 Å². The fourth-order valence-electron chi connectivity index (χ4n) is 1.53. The smallest absolute Gasteiger partial charge is 0.241 e. The van der Waals surface area contributed by atoms with Gasteiger partial charge in [-0.1, -0.05) is 0 Å². The summed E-state index contributed by atoms with van der Waals surface area (Å²) in [5, 5.41) is 2.64. The Morgan fingerprint density at radius 1 is 1.31 bits per heavy atom. The van der Waals surface area contributed by atoms with Gasteiger partial charge in [0.05, 0.1) is 12.0 Å². The van der Waals surface area contributed by atoms with Crippen LogP contribution in [-0.2, 0) is 9.59 Å². The molecule has 1 fully saturated rings. The number of carbonyl (C=O) groups is 2. The quantitative estimate of drug-likeness (QED) is 0.752. The van der Waals surface area contributed by atoms with Crippen LogP contribution in [0.4, 0.5) is 0 Å². The number of halogens is 1. The van der Waals surface area contributed by atoms with Gasteiger partial charge in [0.25, 0.3) is 0 Å². The highest BCUT2D eigenvalue weighted by molar-refractivity contribution is 6.19. The van der Waals surface area contributed by atoms with Crippen LogP contribution in [0.25, 0.3) is 0 Å². The van der Waals surface area contributed by atoms with Crippen molar-refractivity contribution in [2.45, 2.75) is 26.7 Å². The predicted molar refractivity (Wildman–Crippen MR) is 63.3 cm³/mol. The molecule has 1 N–H and O–H groups in total. The number of likely N-dealkylation sites (tertiary alicyclic amines) is 1. The standard InChI is InChI=1S/C11H19ClN2O2/c1-11(2,8-12)10(16)13-7-9(15)14-5-3-4-6-14/h3-8H2,1-2H3,(H,13,16). The number of alkyl halides is 1. The summed E-state index contributed by atoms with van der Waals surface area (Å²) in [6.45, 7) is 5.23. The number of nitrogens with zero attached hydrogens (tertiary/aromatic N) is 1. The molecule has 2 amide bonds. The van der Waals surface area contributed by atoms with Gasteiger partial charge in [0.2, 0.25) is 11.8 Å². The summed E-state index contributed by atoms with van der Waals surface area (Å²) >= 11 is 5.67. The molecular formula is C11H19ClN2O2. The molecule has 0 unspecified atom stereocenters. The zero-order valence-corrected chi connectivity index (χ0v) is 10.6. The van der Waals surface area contributed by atoms with Crippen molar-refractivity contribution in [2.75, 3.05) is 25.5 Å². The van der Waals surface area contributed by atoms with E-state index < -0.39 is 5.41 Å². The number of nitrogens with one attached hydrogen (secondary N) is 1. The van der Waals surface area contributed by atoms with Gasteiger partial charge in [-0.2, -0.15) is 0 Å². The van der Waals surface area contributed by atoms with Crippen molar-refractivity contribution in [1.82, 2.24) is 10.2 Å². The summed E-state index contributed by atoms with van der Waals surface area (Å²) in [7, 11) is 0. The molecule has 1 saturated heterocycles. The Balaban J connectivity index is 2.34. The molecule has 0 saturated carbocycles. The summed E-state index contributed by atoms with van der Waals surface area (Å²) in [5.74, 6) is 0.0720. The molecule has 0 aromatic heterocycles.